The van der Waals surface area contributed by atoms with Gasteiger partial charge < -0.3 is 4.74 Å². The lowest BCUT2D eigenvalue weighted by molar-refractivity contribution is -0.148. The van der Waals surface area contributed by atoms with Gasteiger partial charge in [0.25, 0.3) is 0 Å². The fraction of sp³-hybridized carbons (Fsp3) is 0.792. The summed E-state index contributed by atoms with van der Waals surface area (Å²) in [6.07, 6.45) is 10.2. The first-order valence-electron chi connectivity index (χ1n) is 11.1. The van der Waals surface area contributed by atoms with Crippen molar-refractivity contribution in [1.82, 2.24) is 0 Å². The highest BCUT2D eigenvalue weighted by molar-refractivity contribution is 5.66. The third kappa shape index (κ3) is 2.81. The quantitative estimate of drug-likeness (QED) is 0.342. The van der Waals surface area contributed by atoms with Crippen molar-refractivity contribution in [3.8, 4) is 0 Å². The van der Waals surface area contributed by atoms with Crippen LogP contribution in [0.5, 0.6) is 0 Å². The van der Waals surface area contributed by atoms with Gasteiger partial charge in [-0.25, -0.2) is 0 Å². The molecule has 2 unspecified atom stereocenters. The molecule has 0 radical (unpaired) electrons. The van der Waals surface area contributed by atoms with Crippen molar-refractivity contribution in [2.45, 2.75) is 91.7 Å². The molecule has 0 spiro atoms. The van der Waals surface area contributed by atoms with Crippen LogP contribution in [0, 0.1) is 33.5 Å². The van der Waals surface area contributed by atoms with E-state index in [0.29, 0.717) is 17.8 Å². The number of allylic oxidation sites excluding steroid dienone is 2. The lowest BCUT2D eigenvalue weighted by Gasteiger charge is -2.58. The molecule has 0 aromatic rings. The van der Waals surface area contributed by atoms with E-state index in [1.807, 2.05) is 6.92 Å². The molecule has 4 nitrogen and oxygen atoms in total. The van der Waals surface area contributed by atoms with Gasteiger partial charge in [0.05, 0.1) is 0 Å². The molecule has 2 fully saturated rings. The Hall–Kier alpha value is -1.45. The van der Waals surface area contributed by atoms with Crippen molar-refractivity contribution in [2.75, 3.05) is 0 Å². The van der Waals surface area contributed by atoms with E-state index < -0.39 is 0 Å². The molecular formula is C24H35NO3. The summed E-state index contributed by atoms with van der Waals surface area (Å²) in [7, 11) is 0. The summed E-state index contributed by atoms with van der Waals surface area (Å²) in [5.41, 5.74) is 4.66. The maximum atomic E-state index is 11.4. The molecule has 0 N–H and O–H groups in total. The third-order valence-corrected chi connectivity index (χ3v) is 8.96. The van der Waals surface area contributed by atoms with E-state index in [1.54, 1.807) is 0 Å². The van der Waals surface area contributed by atoms with Gasteiger partial charge in [-0.1, -0.05) is 36.2 Å². The molecule has 4 aliphatic rings. The molecule has 0 aromatic carbocycles. The Morgan fingerprint density at radius 2 is 1.89 bits per heavy atom. The molecule has 2 saturated carbocycles. The first-order valence-corrected chi connectivity index (χ1v) is 11.1. The minimum Gasteiger partial charge on any atom is -0.462 e. The Kier molecular flexibility index (Phi) is 4.83. The number of ether oxygens (including phenoxy) is 1. The molecule has 4 aliphatic carbocycles. The highest BCUT2D eigenvalue weighted by Gasteiger charge is 2.58. The van der Waals surface area contributed by atoms with E-state index in [0.717, 1.165) is 32.1 Å². The summed E-state index contributed by atoms with van der Waals surface area (Å²) in [5.74, 6) is 1.86. The van der Waals surface area contributed by atoms with Crippen LogP contribution < -0.4 is 0 Å². The summed E-state index contributed by atoms with van der Waals surface area (Å²) in [4.78, 5) is 22.8. The lowest BCUT2D eigenvalue weighted by atomic mass is 9.47. The predicted molar refractivity (Wildman–Crippen MR) is 111 cm³/mol. The SMILES string of the molecule is CC(=O)OC1CC[C@@]2(C)C(=CC[C@@H]3[C@@H]2CC[C@]2(C)C(C(C)N=O)=C(C)C[C@@H]32)C1. The van der Waals surface area contributed by atoms with Crippen molar-refractivity contribution in [2.24, 2.45) is 33.8 Å². The molecule has 0 saturated heterocycles. The zero-order valence-electron chi connectivity index (χ0n) is 18.1. The second-order valence-electron chi connectivity index (χ2n) is 10.4. The summed E-state index contributed by atoms with van der Waals surface area (Å²) in [6.45, 7) is 10.6. The minimum absolute atomic E-state index is 0.0590. The number of nitrogens with zero attached hydrogens (tertiary/aromatic N) is 1. The zero-order valence-corrected chi connectivity index (χ0v) is 18.1. The van der Waals surface area contributed by atoms with Gasteiger partial charge in [0, 0.05) is 13.3 Å². The molecule has 0 aromatic heterocycles. The highest BCUT2D eigenvalue weighted by atomic mass is 16.5. The first kappa shape index (κ1) is 19.8. The third-order valence-electron chi connectivity index (χ3n) is 8.96. The van der Waals surface area contributed by atoms with Gasteiger partial charge in [-0.3, -0.25) is 4.79 Å². The maximum Gasteiger partial charge on any atom is 0.302 e. The van der Waals surface area contributed by atoms with Gasteiger partial charge in [-0.2, -0.15) is 4.91 Å². The molecule has 4 heteroatoms. The summed E-state index contributed by atoms with van der Waals surface area (Å²) < 4.78 is 5.55. The fourth-order valence-corrected chi connectivity index (χ4v) is 7.81. The standard InChI is InChI=1S/C24H35NO3/c1-14-12-21-19-7-6-17-13-18(28-16(3)26)8-10-23(17,4)20(19)9-11-24(21,5)22(14)15(2)25-27/h6,15,18-21H,7-13H2,1-5H3/t15?,18?,19-,20+,21+,23+,24+/m1/s1. The van der Waals surface area contributed by atoms with Crippen LogP contribution in [0.1, 0.15) is 79.6 Å². The van der Waals surface area contributed by atoms with Crippen LogP contribution in [0.15, 0.2) is 28.0 Å². The molecule has 28 heavy (non-hydrogen) atoms. The van der Waals surface area contributed by atoms with Crippen molar-refractivity contribution in [3.63, 3.8) is 0 Å². The number of rotatable bonds is 3. The second kappa shape index (κ2) is 6.81. The number of hydrogen-bond donors (Lipinski definition) is 0. The van der Waals surface area contributed by atoms with Gasteiger partial charge in [0.1, 0.15) is 12.1 Å². The van der Waals surface area contributed by atoms with E-state index >= 15 is 0 Å². The van der Waals surface area contributed by atoms with Gasteiger partial charge in [-0.15, -0.1) is 0 Å². The second-order valence-corrected chi connectivity index (χ2v) is 10.4. The minimum atomic E-state index is -0.198. The Labute approximate surface area is 169 Å². The van der Waals surface area contributed by atoms with E-state index in [2.05, 4.69) is 32.0 Å². The van der Waals surface area contributed by atoms with Crippen LogP contribution in [0.4, 0.5) is 0 Å². The van der Waals surface area contributed by atoms with Gasteiger partial charge in [0.2, 0.25) is 0 Å². The predicted octanol–water partition coefficient (Wildman–Crippen LogP) is 5.96. The smallest absolute Gasteiger partial charge is 0.302 e. The average molecular weight is 386 g/mol. The van der Waals surface area contributed by atoms with Crippen LogP contribution in [-0.4, -0.2) is 18.1 Å². The summed E-state index contributed by atoms with van der Waals surface area (Å²) in [5, 5.41) is 3.41. The van der Waals surface area contributed by atoms with Crippen molar-refractivity contribution < 1.29 is 9.53 Å². The van der Waals surface area contributed by atoms with Crippen LogP contribution in [-0.2, 0) is 9.53 Å². The fourth-order valence-electron chi connectivity index (χ4n) is 7.81. The summed E-state index contributed by atoms with van der Waals surface area (Å²) in [6, 6.07) is -0.198. The van der Waals surface area contributed by atoms with E-state index in [1.165, 1.54) is 36.5 Å². The zero-order chi connectivity index (χ0) is 20.3. The Morgan fingerprint density at radius 1 is 1.18 bits per heavy atom. The van der Waals surface area contributed by atoms with Crippen molar-refractivity contribution in [1.29, 1.82) is 0 Å². The molecular weight excluding hydrogens is 350 g/mol. The first-order chi connectivity index (χ1) is 13.2. The van der Waals surface area contributed by atoms with Gasteiger partial charge >= 0.3 is 5.97 Å². The molecule has 154 valence electrons. The lowest BCUT2D eigenvalue weighted by Crippen LogP contribution is -2.50. The molecule has 0 heterocycles. The Bertz CT molecular complexity index is 753. The number of carbonyl (C=O) groups is 1. The number of esters is 1. The van der Waals surface area contributed by atoms with Gasteiger partial charge in [0.15, 0.2) is 0 Å². The Morgan fingerprint density at radius 3 is 2.57 bits per heavy atom. The maximum absolute atomic E-state index is 11.4. The molecule has 0 amide bonds. The number of fused-ring (bicyclic) bond motifs is 5. The van der Waals surface area contributed by atoms with E-state index in [-0.39, 0.29) is 28.9 Å². The average Bonchev–Trinajstić information content (AvgIpc) is 2.91. The van der Waals surface area contributed by atoms with Crippen LogP contribution in [0.2, 0.25) is 0 Å². The van der Waals surface area contributed by atoms with Crippen LogP contribution in [0.25, 0.3) is 0 Å². The highest BCUT2D eigenvalue weighted by Crippen LogP contribution is 2.66. The van der Waals surface area contributed by atoms with Crippen molar-refractivity contribution >= 4 is 5.97 Å². The monoisotopic (exact) mass is 385 g/mol. The molecule has 4 rings (SSSR count). The Balaban J connectivity index is 1.61. The number of carbonyl (C=O) groups excluding carboxylic acids is 1. The topological polar surface area (TPSA) is 55.7 Å². The summed E-state index contributed by atoms with van der Waals surface area (Å²) >= 11 is 0. The van der Waals surface area contributed by atoms with Gasteiger partial charge in [-0.05, 0) is 86.5 Å². The molecule has 7 atom stereocenters. The molecule has 0 aliphatic heterocycles. The van der Waals surface area contributed by atoms with E-state index in [9.17, 15) is 9.70 Å². The van der Waals surface area contributed by atoms with E-state index in [4.69, 9.17) is 4.74 Å². The number of nitroso groups, excluding NO2 is 1. The van der Waals surface area contributed by atoms with Crippen LogP contribution >= 0.6 is 0 Å². The molecule has 0 bridgehead atoms. The normalized spacial score (nSPS) is 43.4. The van der Waals surface area contributed by atoms with Crippen LogP contribution in [0.3, 0.4) is 0 Å². The largest absolute Gasteiger partial charge is 0.462 e. The number of hydrogen-bond acceptors (Lipinski definition) is 4. The van der Waals surface area contributed by atoms with Crippen molar-refractivity contribution in [3.05, 3.63) is 27.7 Å².